The Morgan fingerprint density at radius 3 is 2.11 bits per heavy atom. The second-order valence-corrected chi connectivity index (χ2v) is 5.53. The van der Waals surface area contributed by atoms with E-state index in [0.717, 1.165) is 4.90 Å². The van der Waals surface area contributed by atoms with Gasteiger partial charge in [-0.25, -0.2) is 8.78 Å². The van der Waals surface area contributed by atoms with Crippen molar-refractivity contribution in [1.29, 1.82) is 0 Å². The molecule has 0 aliphatic heterocycles. The molecule has 0 atom stereocenters. The third-order valence-electron chi connectivity index (χ3n) is 2.25. The summed E-state index contributed by atoms with van der Waals surface area (Å²) in [6, 6.07) is 11.5. The van der Waals surface area contributed by atoms with Gasteiger partial charge in [0.2, 0.25) is 0 Å². The largest absolute Gasteiger partial charge is 0.264 e. The van der Waals surface area contributed by atoms with E-state index in [2.05, 4.69) is 0 Å². The average Bonchev–Trinajstić information content (AvgIpc) is 2.34. The Bertz CT molecular complexity index is 541. The summed E-state index contributed by atoms with van der Waals surface area (Å²) < 4.78 is 25.8. The lowest BCUT2D eigenvalue weighted by Crippen LogP contribution is -1.88. The molecule has 0 N–H and O–H groups in total. The highest BCUT2D eigenvalue weighted by Crippen LogP contribution is 2.36. The summed E-state index contributed by atoms with van der Waals surface area (Å²) in [5.74, 6) is 0. The van der Waals surface area contributed by atoms with E-state index < -0.39 is 6.43 Å². The summed E-state index contributed by atoms with van der Waals surface area (Å²) in [5, 5.41) is 0.926. The zero-order valence-corrected chi connectivity index (χ0v) is 11.4. The van der Waals surface area contributed by atoms with E-state index >= 15 is 0 Å². The molecule has 0 unspecified atom stereocenters. The lowest BCUT2D eigenvalue weighted by atomic mass is 10.2. The molecule has 2 rings (SSSR count). The van der Waals surface area contributed by atoms with Crippen LogP contribution in [-0.2, 0) is 0 Å². The third-order valence-corrected chi connectivity index (χ3v) is 3.84. The van der Waals surface area contributed by atoms with E-state index in [1.54, 1.807) is 36.4 Å². The van der Waals surface area contributed by atoms with Gasteiger partial charge in [0.1, 0.15) is 0 Å². The molecule has 0 aliphatic rings. The minimum Gasteiger partial charge on any atom is -0.205 e. The summed E-state index contributed by atoms with van der Waals surface area (Å²) in [6.45, 7) is 0. The van der Waals surface area contributed by atoms with Crippen molar-refractivity contribution in [1.82, 2.24) is 0 Å². The van der Waals surface area contributed by atoms with Gasteiger partial charge in [0.05, 0.1) is 0 Å². The maximum Gasteiger partial charge on any atom is 0.264 e. The van der Waals surface area contributed by atoms with Crippen LogP contribution in [0.4, 0.5) is 8.78 Å². The maximum atomic E-state index is 12.9. The van der Waals surface area contributed by atoms with E-state index in [1.807, 2.05) is 0 Å². The molecular formula is C13H8Cl2F2S. The summed E-state index contributed by atoms with van der Waals surface area (Å²) in [4.78, 5) is 1.35. The summed E-state index contributed by atoms with van der Waals surface area (Å²) in [7, 11) is 0. The molecule has 5 heteroatoms. The van der Waals surface area contributed by atoms with Gasteiger partial charge in [-0.15, -0.1) is 0 Å². The number of halogens is 4. The van der Waals surface area contributed by atoms with Gasteiger partial charge in [0, 0.05) is 25.4 Å². The predicted octanol–water partition coefficient (Wildman–Crippen LogP) is 6.08. The standard InChI is InChI=1S/C13H8Cl2F2S/c14-8-1-4-10(5-2-8)18-12-6-3-9(15)7-11(12)13(16)17/h1-7,13H. The lowest BCUT2D eigenvalue weighted by Gasteiger charge is -2.09. The van der Waals surface area contributed by atoms with Crippen LogP contribution in [0.5, 0.6) is 0 Å². The highest BCUT2D eigenvalue weighted by atomic mass is 35.5. The third kappa shape index (κ3) is 3.37. The number of hydrogen-bond acceptors (Lipinski definition) is 1. The molecule has 0 saturated carbocycles. The van der Waals surface area contributed by atoms with Crippen molar-refractivity contribution in [2.45, 2.75) is 16.2 Å². The van der Waals surface area contributed by atoms with Crippen LogP contribution >= 0.6 is 35.0 Å². The SMILES string of the molecule is FC(F)c1cc(Cl)ccc1Sc1ccc(Cl)cc1. The van der Waals surface area contributed by atoms with Gasteiger partial charge in [-0.1, -0.05) is 35.0 Å². The van der Waals surface area contributed by atoms with Crippen molar-refractivity contribution in [2.24, 2.45) is 0 Å². The molecule has 2 aromatic rings. The van der Waals surface area contributed by atoms with Crippen LogP contribution in [0.15, 0.2) is 52.3 Å². The smallest absolute Gasteiger partial charge is 0.205 e. The molecule has 0 heterocycles. The van der Waals surface area contributed by atoms with E-state index in [4.69, 9.17) is 23.2 Å². The number of alkyl halides is 2. The van der Waals surface area contributed by atoms with Crippen LogP contribution < -0.4 is 0 Å². The molecule has 0 bridgehead atoms. The van der Waals surface area contributed by atoms with E-state index in [0.29, 0.717) is 14.9 Å². The van der Waals surface area contributed by atoms with Crippen LogP contribution in [0.1, 0.15) is 12.0 Å². The fourth-order valence-electron chi connectivity index (χ4n) is 1.41. The van der Waals surface area contributed by atoms with Crippen molar-refractivity contribution in [2.75, 3.05) is 0 Å². The number of hydrogen-bond donors (Lipinski definition) is 0. The first-order valence-electron chi connectivity index (χ1n) is 5.07. The van der Waals surface area contributed by atoms with E-state index in [-0.39, 0.29) is 5.56 Å². The van der Waals surface area contributed by atoms with Crippen LogP contribution in [0.3, 0.4) is 0 Å². The van der Waals surface area contributed by atoms with Crippen molar-refractivity contribution in [3.8, 4) is 0 Å². The maximum absolute atomic E-state index is 12.9. The second-order valence-electron chi connectivity index (χ2n) is 3.54. The summed E-state index contributed by atoms with van der Waals surface area (Å²) >= 11 is 12.8. The van der Waals surface area contributed by atoms with Crippen molar-refractivity contribution in [3.05, 3.63) is 58.1 Å². The Hall–Kier alpha value is -0.770. The number of rotatable bonds is 3. The van der Waals surface area contributed by atoms with Crippen LogP contribution in [0, 0.1) is 0 Å². The predicted molar refractivity (Wildman–Crippen MR) is 72.0 cm³/mol. The summed E-state index contributed by atoms with van der Waals surface area (Å²) in [6.07, 6.45) is -2.54. The van der Waals surface area contributed by atoms with Crippen molar-refractivity contribution < 1.29 is 8.78 Å². The van der Waals surface area contributed by atoms with E-state index in [9.17, 15) is 8.78 Å². The average molecular weight is 305 g/mol. The Balaban J connectivity index is 2.31. The van der Waals surface area contributed by atoms with Gasteiger partial charge in [-0.05, 0) is 42.5 Å². The molecule has 0 aromatic heterocycles. The first kappa shape index (κ1) is 13.7. The minimum absolute atomic E-state index is 0.0533. The molecule has 94 valence electrons. The molecule has 0 aliphatic carbocycles. The zero-order valence-electron chi connectivity index (χ0n) is 9.04. The molecule has 0 saturated heterocycles. The van der Waals surface area contributed by atoms with Crippen molar-refractivity contribution >= 4 is 35.0 Å². The van der Waals surface area contributed by atoms with Crippen LogP contribution in [-0.4, -0.2) is 0 Å². The van der Waals surface area contributed by atoms with Crippen molar-refractivity contribution in [3.63, 3.8) is 0 Å². The quantitative estimate of drug-likeness (QED) is 0.662. The van der Waals surface area contributed by atoms with Gasteiger partial charge in [-0.3, -0.25) is 0 Å². The molecule has 2 aromatic carbocycles. The van der Waals surface area contributed by atoms with Gasteiger partial charge in [0.15, 0.2) is 0 Å². The monoisotopic (exact) mass is 304 g/mol. The van der Waals surface area contributed by atoms with Gasteiger partial charge in [-0.2, -0.15) is 0 Å². The van der Waals surface area contributed by atoms with Gasteiger partial charge in [0.25, 0.3) is 6.43 Å². The fourth-order valence-corrected chi connectivity index (χ4v) is 2.65. The number of benzene rings is 2. The lowest BCUT2D eigenvalue weighted by molar-refractivity contribution is 0.148. The highest BCUT2D eigenvalue weighted by molar-refractivity contribution is 7.99. The molecule has 0 amide bonds. The molecule has 0 nitrogen and oxygen atoms in total. The van der Waals surface area contributed by atoms with Gasteiger partial charge < -0.3 is 0 Å². The first-order valence-corrected chi connectivity index (χ1v) is 6.64. The Kier molecular flexibility index (Phi) is 4.49. The Labute approximate surface area is 118 Å². The molecular weight excluding hydrogens is 297 g/mol. The van der Waals surface area contributed by atoms with Crippen LogP contribution in [0.25, 0.3) is 0 Å². The minimum atomic E-state index is -2.54. The van der Waals surface area contributed by atoms with Gasteiger partial charge >= 0.3 is 0 Å². The Morgan fingerprint density at radius 1 is 0.889 bits per heavy atom. The normalized spacial score (nSPS) is 10.9. The Morgan fingerprint density at radius 2 is 1.50 bits per heavy atom. The molecule has 18 heavy (non-hydrogen) atoms. The topological polar surface area (TPSA) is 0 Å². The molecule has 0 spiro atoms. The molecule has 0 fully saturated rings. The fraction of sp³-hybridized carbons (Fsp3) is 0.0769. The first-order chi connectivity index (χ1) is 8.56. The highest BCUT2D eigenvalue weighted by Gasteiger charge is 2.14. The summed E-state index contributed by atoms with van der Waals surface area (Å²) in [5.41, 5.74) is -0.0533. The second kappa shape index (κ2) is 5.91. The van der Waals surface area contributed by atoms with Crippen LogP contribution in [0.2, 0.25) is 10.0 Å². The zero-order chi connectivity index (χ0) is 13.1. The molecule has 0 radical (unpaired) electrons. The van der Waals surface area contributed by atoms with E-state index in [1.165, 1.54) is 17.8 Å².